The summed E-state index contributed by atoms with van der Waals surface area (Å²) >= 11 is 0. The number of hydrogen-bond acceptors (Lipinski definition) is 7. The lowest BCUT2D eigenvalue weighted by Gasteiger charge is -2.30. The third kappa shape index (κ3) is 2.40. The van der Waals surface area contributed by atoms with Crippen LogP contribution in [-0.2, 0) is 15.9 Å². The van der Waals surface area contributed by atoms with Crippen molar-refractivity contribution in [3.8, 4) is 17.2 Å². The molecule has 3 heterocycles. The number of ether oxygens (including phenoxy) is 3. The topological polar surface area (TPSA) is 98.4 Å². The molecule has 2 aromatic carbocycles. The summed E-state index contributed by atoms with van der Waals surface area (Å²) in [5.41, 5.74) is 0.290. The second-order valence-corrected chi connectivity index (χ2v) is 8.10. The first-order valence-electron chi connectivity index (χ1n) is 9.12. The fourth-order valence-electron chi connectivity index (χ4n) is 4.17. The van der Waals surface area contributed by atoms with Gasteiger partial charge in [-0.25, -0.2) is 0 Å². The Morgan fingerprint density at radius 3 is 2.64 bits per heavy atom. The van der Waals surface area contributed by atoms with Crippen LogP contribution in [0.1, 0.15) is 26.3 Å². The van der Waals surface area contributed by atoms with Crippen molar-refractivity contribution >= 4 is 21.9 Å². The van der Waals surface area contributed by atoms with E-state index in [-0.39, 0.29) is 34.0 Å². The fourth-order valence-corrected chi connectivity index (χ4v) is 4.17. The lowest BCUT2D eigenvalue weighted by molar-refractivity contribution is -0.173. The second kappa shape index (κ2) is 5.40. The standard InChI is InChI=1S/C21H20O7/c1-20(2)25-9-21(3,28-20)16-8-12-14(26-16)5-4-11-18(24)17-13(23)6-10(22)7-15(17)27-19(11)12/h4-7,16,22-23H,8-9H2,1-3H3/t16-,21+/m1/s1. The Labute approximate surface area is 160 Å². The van der Waals surface area contributed by atoms with Crippen LogP contribution in [0.5, 0.6) is 17.2 Å². The second-order valence-electron chi connectivity index (χ2n) is 8.10. The predicted molar refractivity (Wildman–Crippen MR) is 101 cm³/mol. The molecule has 1 aromatic heterocycles. The van der Waals surface area contributed by atoms with Crippen LogP contribution >= 0.6 is 0 Å². The summed E-state index contributed by atoms with van der Waals surface area (Å²) in [6.45, 7) is 6.06. The van der Waals surface area contributed by atoms with Gasteiger partial charge in [-0.05, 0) is 32.9 Å². The van der Waals surface area contributed by atoms with Gasteiger partial charge >= 0.3 is 0 Å². The van der Waals surface area contributed by atoms with Gasteiger partial charge in [-0.15, -0.1) is 0 Å². The molecule has 0 saturated carbocycles. The van der Waals surface area contributed by atoms with E-state index in [0.717, 1.165) is 11.6 Å². The maximum atomic E-state index is 12.9. The Morgan fingerprint density at radius 1 is 1.14 bits per heavy atom. The van der Waals surface area contributed by atoms with Gasteiger partial charge in [-0.2, -0.15) is 0 Å². The van der Waals surface area contributed by atoms with E-state index in [1.807, 2.05) is 20.8 Å². The van der Waals surface area contributed by atoms with Crippen LogP contribution < -0.4 is 10.2 Å². The van der Waals surface area contributed by atoms with E-state index < -0.39 is 11.4 Å². The highest BCUT2D eigenvalue weighted by molar-refractivity contribution is 5.95. The van der Waals surface area contributed by atoms with E-state index in [4.69, 9.17) is 18.6 Å². The molecule has 2 aliphatic heterocycles. The minimum atomic E-state index is -0.688. The Kier molecular flexibility index (Phi) is 3.34. The van der Waals surface area contributed by atoms with Crippen molar-refractivity contribution < 1.29 is 28.8 Å². The summed E-state index contributed by atoms with van der Waals surface area (Å²) in [6, 6.07) is 5.81. The van der Waals surface area contributed by atoms with Crippen molar-refractivity contribution in [3.05, 3.63) is 40.1 Å². The zero-order valence-electron chi connectivity index (χ0n) is 15.7. The summed E-state index contributed by atoms with van der Waals surface area (Å²) in [7, 11) is 0. The van der Waals surface area contributed by atoms with Crippen LogP contribution in [0.4, 0.5) is 0 Å². The average molecular weight is 384 g/mol. The molecule has 0 unspecified atom stereocenters. The third-order valence-corrected chi connectivity index (χ3v) is 5.49. The van der Waals surface area contributed by atoms with E-state index in [0.29, 0.717) is 29.7 Å². The van der Waals surface area contributed by atoms with Gasteiger partial charge in [0, 0.05) is 24.1 Å². The number of phenols is 2. The van der Waals surface area contributed by atoms with Gasteiger partial charge in [0.25, 0.3) is 0 Å². The number of phenolic OH excluding ortho intramolecular Hbond substituents is 2. The van der Waals surface area contributed by atoms with E-state index in [1.54, 1.807) is 12.1 Å². The highest BCUT2D eigenvalue weighted by Gasteiger charge is 2.50. The fraction of sp³-hybridized carbons (Fsp3) is 0.381. The monoisotopic (exact) mass is 384 g/mol. The smallest absolute Gasteiger partial charge is 0.204 e. The van der Waals surface area contributed by atoms with Crippen molar-refractivity contribution in [3.63, 3.8) is 0 Å². The third-order valence-electron chi connectivity index (χ3n) is 5.49. The van der Waals surface area contributed by atoms with Crippen molar-refractivity contribution in [2.24, 2.45) is 0 Å². The van der Waals surface area contributed by atoms with Crippen LogP contribution in [0.2, 0.25) is 0 Å². The Hall–Kier alpha value is -2.77. The molecule has 0 spiro atoms. The normalized spacial score (nSPS) is 25.9. The molecule has 0 radical (unpaired) electrons. The Bertz CT molecular complexity index is 1190. The maximum Gasteiger partial charge on any atom is 0.204 e. The number of hydrogen-bond donors (Lipinski definition) is 2. The summed E-state index contributed by atoms with van der Waals surface area (Å²) < 4.78 is 23.9. The van der Waals surface area contributed by atoms with Gasteiger partial charge in [0.15, 0.2) is 5.79 Å². The number of rotatable bonds is 1. The Morgan fingerprint density at radius 2 is 1.93 bits per heavy atom. The van der Waals surface area contributed by atoms with E-state index in [2.05, 4.69) is 0 Å². The highest BCUT2D eigenvalue weighted by Crippen LogP contribution is 2.43. The molecule has 2 N–H and O–H groups in total. The molecule has 146 valence electrons. The zero-order chi connectivity index (χ0) is 19.8. The number of benzene rings is 2. The van der Waals surface area contributed by atoms with Crippen LogP contribution in [0.15, 0.2) is 33.5 Å². The van der Waals surface area contributed by atoms with Crippen molar-refractivity contribution in [2.75, 3.05) is 6.61 Å². The molecular formula is C21H20O7. The van der Waals surface area contributed by atoms with Crippen LogP contribution in [-0.4, -0.2) is 34.3 Å². The molecule has 0 bridgehead atoms. The van der Waals surface area contributed by atoms with E-state index >= 15 is 0 Å². The quantitative estimate of drug-likeness (QED) is 0.622. The maximum absolute atomic E-state index is 12.9. The highest BCUT2D eigenvalue weighted by atomic mass is 16.8. The first kappa shape index (κ1) is 17.3. The van der Waals surface area contributed by atoms with E-state index in [1.165, 1.54) is 6.07 Å². The molecule has 3 aromatic rings. The van der Waals surface area contributed by atoms with Crippen LogP contribution in [0.3, 0.4) is 0 Å². The molecule has 5 rings (SSSR count). The van der Waals surface area contributed by atoms with Gasteiger partial charge < -0.3 is 28.8 Å². The zero-order valence-corrected chi connectivity index (χ0v) is 15.7. The predicted octanol–water partition coefficient (Wildman–Crippen LogP) is 3.20. The SMILES string of the molecule is CC1(C)OC[C@@](C)([C@H]2Cc3c(ccc4c(=O)c5c(O)cc(O)cc5oc34)O2)O1. The molecule has 0 amide bonds. The lowest BCUT2D eigenvalue weighted by Crippen LogP contribution is -2.45. The lowest BCUT2D eigenvalue weighted by atomic mass is 9.95. The van der Waals surface area contributed by atoms with Crippen molar-refractivity contribution in [2.45, 2.75) is 44.7 Å². The van der Waals surface area contributed by atoms with Gasteiger partial charge in [0.2, 0.25) is 5.43 Å². The minimum Gasteiger partial charge on any atom is -0.508 e. The largest absolute Gasteiger partial charge is 0.508 e. The van der Waals surface area contributed by atoms with Gasteiger partial charge in [-0.1, -0.05) is 0 Å². The van der Waals surface area contributed by atoms with E-state index in [9.17, 15) is 15.0 Å². The summed E-state index contributed by atoms with van der Waals surface area (Å²) in [5, 5.41) is 20.2. The molecule has 7 heteroatoms. The van der Waals surface area contributed by atoms with Gasteiger partial charge in [-0.3, -0.25) is 4.79 Å². The molecule has 7 nitrogen and oxygen atoms in total. The molecule has 28 heavy (non-hydrogen) atoms. The van der Waals surface area contributed by atoms with Gasteiger partial charge in [0.1, 0.15) is 45.5 Å². The van der Waals surface area contributed by atoms with Crippen LogP contribution in [0, 0.1) is 0 Å². The van der Waals surface area contributed by atoms with Crippen molar-refractivity contribution in [1.82, 2.24) is 0 Å². The number of fused-ring (bicyclic) bond motifs is 4. The van der Waals surface area contributed by atoms with Gasteiger partial charge in [0.05, 0.1) is 12.0 Å². The molecule has 1 fully saturated rings. The van der Waals surface area contributed by atoms with Crippen molar-refractivity contribution in [1.29, 1.82) is 0 Å². The minimum absolute atomic E-state index is 0.0435. The summed E-state index contributed by atoms with van der Waals surface area (Å²) in [6.07, 6.45) is 0.190. The molecule has 2 aliphatic rings. The molecule has 1 saturated heterocycles. The molecule has 0 aliphatic carbocycles. The summed E-state index contributed by atoms with van der Waals surface area (Å²) in [5.74, 6) is -0.557. The summed E-state index contributed by atoms with van der Waals surface area (Å²) in [4.78, 5) is 12.9. The first-order valence-corrected chi connectivity index (χ1v) is 9.12. The average Bonchev–Trinajstić information content (AvgIpc) is 3.16. The molecule has 2 atom stereocenters. The molecular weight excluding hydrogens is 364 g/mol. The Balaban J connectivity index is 1.66. The number of aromatic hydroxyl groups is 2. The van der Waals surface area contributed by atoms with Crippen LogP contribution in [0.25, 0.3) is 21.9 Å². The first-order chi connectivity index (χ1) is 13.2.